The molecule has 0 saturated heterocycles. The Balaban J connectivity index is 1.67. The van der Waals surface area contributed by atoms with Crippen LogP contribution >= 0.6 is 0 Å². The van der Waals surface area contributed by atoms with E-state index < -0.39 is 0 Å². The highest BCUT2D eigenvalue weighted by Crippen LogP contribution is 2.13. The third kappa shape index (κ3) is 3.73. The second-order valence-corrected chi connectivity index (χ2v) is 5.14. The van der Waals surface area contributed by atoms with Crippen LogP contribution in [-0.2, 0) is 6.54 Å². The maximum atomic E-state index is 11.9. The van der Waals surface area contributed by atoms with E-state index in [1.807, 2.05) is 30.3 Å². The number of rotatable bonds is 5. The number of amides is 1. The van der Waals surface area contributed by atoms with Crippen molar-refractivity contribution in [2.45, 2.75) is 6.54 Å². The standard InChI is InChI=1S/C18H16N4O2/c23-17-9-8-16(14-5-2-1-3-6-14)21-22(17)12-11-20-18(24)15-7-4-10-19-13-15/h1-10,13H,11-12H2,(H,20,24). The number of hydrogen-bond acceptors (Lipinski definition) is 4. The summed E-state index contributed by atoms with van der Waals surface area (Å²) in [5, 5.41) is 7.11. The zero-order chi connectivity index (χ0) is 16.8. The molecule has 3 rings (SSSR count). The Morgan fingerprint density at radius 1 is 1.04 bits per heavy atom. The molecular formula is C18H16N4O2. The predicted octanol–water partition coefficient (Wildman–Crippen LogP) is 1.74. The highest BCUT2D eigenvalue weighted by atomic mass is 16.2. The van der Waals surface area contributed by atoms with Crippen molar-refractivity contribution in [2.75, 3.05) is 6.54 Å². The number of carbonyl (C=O) groups is 1. The minimum Gasteiger partial charge on any atom is -0.350 e. The van der Waals surface area contributed by atoms with Gasteiger partial charge in [-0.3, -0.25) is 14.6 Å². The van der Waals surface area contributed by atoms with Crippen LogP contribution in [0.5, 0.6) is 0 Å². The van der Waals surface area contributed by atoms with Gasteiger partial charge in [-0.15, -0.1) is 0 Å². The van der Waals surface area contributed by atoms with Crippen molar-refractivity contribution in [1.29, 1.82) is 0 Å². The Hall–Kier alpha value is -3.28. The minimum atomic E-state index is -0.227. The lowest BCUT2D eigenvalue weighted by Crippen LogP contribution is -2.32. The number of pyridine rings is 1. The number of hydrogen-bond donors (Lipinski definition) is 1. The molecule has 1 amide bonds. The van der Waals surface area contributed by atoms with Crippen LogP contribution in [0.4, 0.5) is 0 Å². The van der Waals surface area contributed by atoms with E-state index in [9.17, 15) is 9.59 Å². The topological polar surface area (TPSA) is 76.9 Å². The molecule has 0 aliphatic heterocycles. The number of nitrogens with zero attached hydrogens (tertiary/aromatic N) is 3. The molecule has 0 spiro atoms. The molecule has 0 atom stereocenters. The van der Waals surface area contributed by atoms with E-state index in [2.05, 4.69) is 15.4 Å². The van der Waals surface area contributed by atoms with Gasteiger partial charge < -0.3 is 5.32 Å². The van der Waals surface area contributed by atoms with Crippen molar-refractivity contribution in [3.05, 3.63) is 82.9 Å². The summed E-state index contributed by atoms with van der Waals surface area (Å²) in [5.41, 5.74) is 1.93. The van der Waals surface area contributed by atoms with Gasteiger partial charge in [0.05, 0.1) is 17.8 Å². The third-order valence-electron chi connectivity index (χ3n) is 3.47. The zero-order valence-electron chi connectivity index (χ0n) is 12.9. The fraction of sp³-hybridized carbons (Fsp3) is 0.111. The van der Waals surface area contributed by atoms with E-state index in [0.717, 1.165) is 5.56 Å². The van der Waals surface area contributed by atoms with Crippen molar-refractivity contribution >= 4 is 5.91 Å². The molecule has 2 heterocycles. The lowest BCUT2D eigenvalue weighted by atomic mass is 10.1. The minimum absolute atomic E-state index is 0.203. The van der Waals surface area contributed by atoms with E-state index in [1.54, 1.807) is 24.4 Å². The van der Waals surface area contributed by atoms with Gasteiger partial charge in [-0.1, -0.05) is 30.3 Å². The van der Waals surface area contributed by atoms with Crippen molar-refractivity contribution in [1.82, 2.24) is 20.1 Å². The molecule has 24 heavy (non-hydrogen) atoms. The fourth-order valence-corrected chi connectivity index (χ4v) is 2.25. The Morgan fingerprint density at radius 3 is 2.62 bits per heavy atom. The zero-order valence-corrected chi connectivity index (χ0v) is 12.9. The smallest absolute Gasteiger partial charge is 0.266 e. The molecule has 120 valence electrons. The third-order valence-corrected chi connectivity index (χ3v) is 3.47. The first-order valence-corrected chi connectivity index (χ1v) is 7.56. The summed E-state index contributed by atoms with van der Waals surface area (Å²) >= 11 is 0. The van der Waals surface area contributed by atoms with Crippen molar-refractivity contribution in [3.8, 4) is 11.3 Å². The quantitative estimate of drug-likeness (QED) is 0.777. The molecule has 1 aromatic carbocycles. The van der Waals surface area contributed by atoms with Crippen LogP contribution in [0.1, 0.15) is 10.4 Å². The van der Waals surface area contributed by atoms with Gasteiger partial charge in [0.2, 0.25) is 0 Å². The van der Waals surface area contributed by atoms with Gasteiger partial charge in [-0.05, 0) is 18.2 Å². The van der Waals surface area contributed by atoms with E-state index in [-0.39, 0.29) is 11.5 Å². The summed E-state index contributed by atoms with van der Waals surface area (Å²) in [6.45, 7) is 0.602. The van der Waals surface area contributed by atoms with Crippen LogP contribution in [0.3, 0.4) is 0 Å². The molecule has 3 aromatic rings. The van der Waals surface area contributed by atoms with Crippen molar-refractivity contribution in [2.24, 2.45) is 0 Å². The number of nitrogens with one attached hydrogen (secondary N) is 1. The van der Waals surface area contributed by atoms with Gasteiger partial charge in [0.1, 0.15) is 0 Å². The monoisotopic (exact) mass is 320 g/mol. The van der Waals surface area contributed by atoms with E-state index in [4.69, 9.17) is 0 Å². The second-order valence-electron chi connectivity index (χ2n) is 5.14. The van der Waals surface area contributed by atoms with Crippen LogP contribution in [0, 0.1) is 0 Å². The highest BCUT2D eigenvalue weighted by molar-refractivity contribution is 5.93. The molecule has 0 unspecified atom stereocenters. The molecule has 0 fully saturated rings. The summed E-state index contributed by atoms with van der Waals surface area (Å²) < 4.78 is 1.35. The average molecular weight is 320 g/mol. The highest BCUT2D eigenvalue weighted by Gasteiger charge is 2.06. The first-order chi connectivity index (χ1) is 11.7. The summed E-state index contributed by atoms with van der Waals surface area (Å²) in [7, 11) is 0. The lowest BCUT2D eigenvalue weighted by molar-refractivity contribution is 0.0951. The molecule has 0 saturated carbocycles. The molecule has 0 radical (unpaired) electrons. The van der Waals surface area contributed by atoms with Crippen molar-refractivity contribution in [3.63, 3.8) is 0 Å². The SMILES string of the molecule is O=C(NCCn1nc(-c2ccccc2)ccc1=O)c1cccnc1. The number of aromatic nitrogens is 3. The van der Waals surface area contributed by atoms with E-state index in [0.29, 0.717) is 24.3 Å². The van der Waals surface area contributed by atoms with Crippen LogP contribution in [0.2, 0.25) is 0 Å². The van der Waals surface area contributed by atoms with Gasteiger partial charge in [-0.25, -0.2) is 4.68 Å². The Morgan fingerprint density at radius 2 is 1.88 bits per heavy atom. The van der Waals surface area contributed by atoms with Crippen LogP contribution < -0.4 is 10.9 Å². The maximum Gasteiger partial charge on any atom is 0.266 e. The molecule has 6 nitrogen and oxygen atoms in total. The maximum absolute atomic E-state index is 11.9. The van der Waals surface area contributed by atoms with E-state index in [1.165, 1.54) is 16.9 Å². The number of benzene rings is 1. The molecule has 0 bridgehead atoms. The van der Waals surface area contributed by atoms with Gasteiger partial charge in [0, 0.05) is 30.6 Å². The normalized spacial score (nSPS) is 10.3. The molecule has 2 aromatic heterocycles. The van der Waals surface area contributed by atoms with Crippen LogP contribution in [0.15, 0.2) is 71.8 Å². The van der Waals surface area contributed by atoms with Crippen LogP contribution in [0.25, 0.3) is 11.3 Å². The first kappa shape index (κ1) is 15.6. The summed E-state index contributed by atoms with van der Waals surface area (Å²) in [6, 6.07) is 16.2. The fourth-order valence-electron chi connectivity index (χ4n) is 2.25. The molecular weight excluding hydrogens is 304 g/mol. The predicted molar refractivity (Wildman–Crippen MR) is 90.5 cm³/mol. The first-order valence-electron chi connectivity index (χ1n) is 7.56. The molecule has 6 heteroatoms. The largest absolute Gasteiger partial charge is 0.350 e. The number of carbonyl (C=O) groups excluding carboxylic acids is 1. The van der Waals surface area contributed by atoms with Gasteiger partial charge >= 0.3 is 0 Å². The molecule has 0 aliphatic rings. The van der Waals surface area contributed by atoms with Gasteiger partial charge in [-0.2, -0.15) is 5.10 Å². The average Bonchev–Trinajstić information content (AvgIpc) is 2.64. The summed E-state index contributed by atoms with van der Waals surface area (Å²) in [5.74, 6) is -0.227. The Labute approximate surface area is 138 Å². The van der Waals surface area contributed by atoms with Gasteiger partial charge in [0.15, 0.2) is 0 Å². The second kappa shape index (κ2) is 7.32. The summed E-state index contributed by atoms with van der Waals surface area (Å²) in [4.78, 5) is 27.8. The van der Waals surface area contributed by atoms with Gasteiger partial charge in [0.25, 0.3) is 11.5 Å². The van der Waals surface area contributed by atoms with Crippen molar-refractivity contribution < 1.29 is 4.79 Å². The van der Waals surface area contributed by atoms with E-state index >= 15 is 0 Å². The molecule has 1 N–H and O–H groups in total. The summed E-state index contributed by atoms with van der Waals surface area (Å²) in [6.07, 6.45) is 3.10. The Bertz CT molecular complexity index is 876. The molecule has 0 aliphatic carbocycles. The lowest BCUT2D eigenvalue weighted by Gasteiger charge is -2.08. The Kier molecular flexibility index (Phi) is 4.76. The van der Waals surface area contributed by atoms with Crippen LogP contribution in [-0.4, -0.2) is 27.2 Å².